The van der Waals surface area contributed by atoms with Crippen LogP contribution in [0.1, 0.15) is 25.0 Å². The minimum absolute atomic E-state index is 0.0896. The summed E-state index contributed by atoms with van der Waals surface area (Å²) in [5.41, 5.74) is 0.0889. The molecule has 140 valence electrons. The predicted octanol–water partition coefficient (Wildman–Crippen LogP) is 3.22. The molecule has 1 aromatic carbocycles. The molecule has 0 aliphatic carbocycles. The Kier molecular flexibility index (Phi) is 5.03. The average molecular weight is 385 g/mol. The molecule has 2 amide bonds. The fraction of sp³-hybridized carbons (Fsp3) is 0.412. The third-order valence-electron chi connectivity index (χ3n) is 4.18. The van der Waals surface area contributed by atoms with Gasteiger partial charge in [-0.2, -0.15) is 13.2 Å². The van der Waals surface area contributed by atoms with E-state index in [-0.39, 0.29) is 22.6 Å². The summed E-state index contributed by atoms with van der Waals surface area (Å²) < 4.78 is 39.4. The maximum Gasteiger partial charge on any atom is 0.416 e. The summed E-state index contributed by atoms with van der Waals surface area (Å²) in [4.78, 5) is 25.2. The van der Waals surface area contributed by atoms with E-state index in [9.17, 15) is 22.8 Å². The number of alkyl halides is 3. The standard InChI is InChI=1S/C17H18F3N3O2S/c1-9-7-23(8-10(2)21-9)13-4-3-12(17(18,19)20)5-11(13)6-14-15(24)22-16(25)26-14/h3-6,9-10,21H,7-8H2,1-2H3,(H,22,24,25)/t9-,10+. The highest BCUT2D eigenvalue weighted by Gasteiger charge is 2.32. The zero-order valence-corrected chi connectivity index (χ0v) is 15.0. The van der Waals surface area contributed by atoms with Gasteiger partial charge in [-0.3, -0.25) is 14.9 Å². The van der Waals surface area contributed by atoms with Gasteiger partial charge in [0.15, 0.2) is 0 Å². The fourth-order valence-corrected chi connectivity index (χ4v) is 3.89. The Morgan fingerprint density at radius 1 is 1.19 bits per heavy atom. The molecule has 2 heterocycles. The molecule has 2 saturated heterocycles. The van der Waals surface area contributed by atoms with Gasteiger partial charge in [0, 0.05) is 30.9 Å². The molecule has 3 rings (SSSR count). The van der Waals surface area contributed by atoms with Crippen molar-refractivity contribution >= 4 is 34.7 Å². The van der Waals surface area contributed by atoms with E-state index in [1.165, 1.54) is 12.1 Å². The van der Waals surface area contributed by atoms with Gasteiger partial charge < -0.3 is 10.2 Å². The number of amides is 2. The van der Waals surface area contributed by atoms with Crippen LogP contribution in [0.25, 0.3) is 6.08 Å². The van der Waals surface area contributed by atoms with Gasteiger partial charge in [-0.1, -0.05) is 0 Å². The molecule has 2 N–H and O–H groups in total. The average Bonchev–Trinajstić information content (AvgIpc) is 2.83. The van der Waals surface area contributed by atoms with Crippen molar-refractivity contribution in [3.63, 3.8) is 0 Å². The molecule has 2 atom stereocenters. The third kappa shape index (κ3) is 4.04. The lowest BCUT2D eigenvalue weighted by Crippen LogP contribution is -2.54. The summed E-state index contributed by atoms with van der Waals surface area (Å²) in [6.07, 6.45) is -3.14. The highest BCUT2D eigenvalue weighted by atomic mass is 32.2. The largest absolute Gasteiger partial charge is 0.416 e. The van der Waals surface area contributed by atoms with Crippen LogP contribution in [0.4, 0.5) is 23.7 Å². The van der Waals surface area contributed by atoms with Crippen molar-refractivity contribution in [3.8, 4) is 0 Å². The molecular weight excluding hydrogens is 367 g/mol. The van der Waals surface area contributed by atoms with E-state index in [0.717, 1.165) is 12.1 Å². The number of nitrogens with zero attached hydrogens (tertiary/aromatic N) is 1. The normalized spacial score (nSPS) is 25.7. The molecule has 0 unspecified atom stereocenters. The van der Waals surface area contributed by atoms with E-state index < -0.39 is 22.9 Å². The second-order valence-electron chi connectivity index (χ2n) is 6.50. The van der Waals surface area contributed by atoms with Gasteiger partial charge in [-0.05, 0) is 55.4 Å². The molecule has 1 aromatic rings. The number of rotatable bonds is 2. The molecule has 2 aliphatic heterocycles. The van der Waals surface area contributed by atoms with Crippen molar-refractivity contribution in [2.24, 2.45) is 0 Å². The molecule has 0 radical (unpaired) electrons. The topological polar surface area (TPSA) is 61.4 Å². The van der Waals surface area contributed by atoms with Gasteiger partial charge in [0.2, 0.25) is 0 Å². The first-order valence-corrected chi connectivity index (χ1v) is 8.92. The third-order valence-corrected chi connectivity index (χ3v) is 4.99. The summed E-state index contributed by atoms with van der Waals surface area (Å²) in [6.45, 7) is 5.27. The van der Waals surface area contributed by atoms with E-state index in [1.807, 2.05) is 18.7 Å². The van der Waals surface area contributed by atoms with E-state index >= 15 is 0 Å². The molecule has 0 aromatic heterocycles. The Balaban J connectivity index is 2.05. The molecule has 2 fully saturated rings. The number of hydrogen-bond acceptors (Lipinski definition) is 5. The Bertz CT molecular complexity index is 769. The lowest BCUT2D eigenvalue weighted by Gasteiger charge is -2.38. The number of thioether (sulfide) groups is 1. The van der Waals surface area contributed by atoms with Gasteiger partial charge >= 0.3 is 6.18 Å². The van der Waals surface area contributed by atoms with Crippen LogP contribution in [0.2, 0.25) is 0 Å². The van der Waals surface area contributed by atoms with Crippen LogP contribution in [-0.4, -0.2) is 36.3 Å². The second-order valence-corrected chi connectivity index (χ2v) is 7.51. The maximum absolute atomic E-state index is 13.1. The fourth-order valence-electron chi connectivity index (χ4n) is 3.22. The smallest absolute Gasteiger partial charge is 0.368 e. The Morgan fingerprint density at radius 2 is 1.85 bits per heavy atom. The Labute approximate surface area is 153 Å². The lowest BCUT2D eigenvalue weighted by atomic mass is 10.0. The maximum atomic E-state index is 13.1. The molecule has 2 aliphatic rings. The van der Waals surface area contributed by atoms with E-state index in [2.05, 4.69) is 10.6 Å². The molecule has 0 spiro atoms. The summed E-state index contributed by atoms with van der Waals surface area (Å²) in [7, 11) is 0. The van der Waals surface area contributed by atoms with Crippen molar-refractivity contribution in [1.29, 1.82) is 0 Å². The highest BCUT2D eigenvalue weighted by Crippen LogP contribution is 2.36. The van der Waals surface area contributed by atoms with Crippen molar-refractivity contribution in [3.05, 3.63) is 34.2 Å². The van der Waals surface area contributed by atoms with Gasteiger partial charge in [0.05, 0.1) is 10.5 Å². The second kappa shape index (κ2) is 6.96. The molecule has 26 heavy (non-hydrogen) atoms. The monoisotopic (exact) mass is 385 g/mol. The first kappa shape index (κ1) is 18.8. The molecule has 0 saturated carbocycles. The Hall–Kier alpha value is -2.00. The van der Waals surface area contributed by atoms with Crippen molar-refractivity contribution in [2.75, 3.05) is 18.0 Å². The zero-order chi connectivity index (χ0) is 19.1. The van der Waals surface area contributed by atoms with Crippen LogP contribution >= 0.6 is 11.8 Å². The quantitative estimate of drug-likeness (QED) is 0.766. The molecule has 5 nitrogen and oxygen atoms in total. The zero-order valence-electron chi connectivity index (χ0n) is 14.2. The summed E-state index contributed by atoms with van der Waals surface area (Å²) >= 11 is 0.688. The lowest BCUT2D eigenvalue weighted by molar-refractivity contribution is -0.137. The first-order valence-electron chi connectivity index (χ1n) is 8.10. The Morgan fingerprint density at radius 3 is 2.38 bits per heavy atom. The number of hydrogen-bond donors (Lipinski definition) is 2. The molecule has 9 heteroatoms. The number of anilines is 1. The summed E-state index contributed by atoms with van der Waals surface area (Å²) in [5, 5.41) is 4.96. The minimum Gasteiger partial charge on any atom is -0.368 e. The van der Waals surface area contributed by atoms with Crippen molar-refractivity contribution < 1.29 is 22.8 Å². The summed E-state index contributed by atoms with van der Waals surface area (Å²) in [6, 6.07) is 3.84. The van der Waals surface area contributed by atoms with Crippen LogP contribution in [-0.2, 0) is 11.0 Å². The van der Waals surface area contributed by atoms with E-state index in [1.54, 1.807) is 0 Å². The number of benzene rings is 1. The molecular formula is C17H18F3N3O2S. The van der Waals surface area contributed by atoms with Gasteiger partial charge in [0.25, 0.3) is 11.1 Å². The van der Waals surface area contributed by atoms with E-state index in [0.29, 0.717) is 30.5 Å². The highest BCUT2D eigenvalue weighted by molar-refractivity contribution is 8.18. The molecule has 0 bridgehead atoms. The van der Waals surface area contributed by atoms with Crippen molar-refractivity contribution in [1.82, 2.24) is 10.6 Å². The first-order chi connectivity index (χ1) is 12.1. The van der Waals surface area contributed by atoms with Gasteiger partial charge in [-0.25, -0.2) is 0 Å². The summed E-state index contributed by atoms with van der Waals surface area (Å²) in [5.74, 6) is -0.592. The number of nitrogens with one attached hydrogen (secondary N) is 2. The van der Waals surface area contributed by atoms with E-state index in [4.69, 9.17) is 0 Å². The SMILES string of the molecule is C[C@@H]1CN(c2ccc(C(F)(F)F)cc2C=C2SC(=O)NC2=O)C[C@H](C)N1. The number of carbonyl (C=O) groups is 2. The van der Waals surface area contributed by atoms with Crippen LogP contribution in [0.5, 0.6) is 0 Å². The van der Waals surface area contributed by atoms with Gasteiger partial charge in [-0.15, -0.1) is 0 Å². The van der Waals surface area contributed by atoms with Crippen LogP contribution in [0.3, 0.4) is 0 Å². The predicted molar refractivity (Wildman–Crippen MR) is 94.8 cm³/mol. The number of imide groups is 1. The number of halogens is 3. The van der Waals surface area contributed by atoms with Crippen LogP contribution < -0.4 is 15.5 Å². The van der Waals surface area contributed by atoms with Crippen molar-refractivity contribution in [2.45, 2.75) is 32.1 Å². The number of piperazine rings is 1. The van der Waals surface area contributed by atoms with Gasteiger partial charge in [0.1, 0.15) is 0 Å². The van der Waals surface area contributed by atoms with Crippen LogP contribution in [0, 0.1) is 0 Å². The van der Waals surface area contributed by atoms with Crippen LogP contribution in [0.15, 0.2) is 23.1 Å². The minimum atomic E-state index is -4.49. The number of carbonyl (C=O) groups excluding carboxylic acids is 2.